The molecule has 2 radical (unpaired) electrons. The first kappa shape index (κ1) is 105. The first-order valence-corrected chi connectivity index (χ1v) is 33.6. The number of halogens is 2. The summed E-state index contributed by atoms with van der Waals surface area (Å²) in [7, 11) is -0.534. The molecule has 0 saturated carbocycles. The molecule has 0 spiro atoms. The third-order valence-electron chi connectivity index (χ3n) is 9.96. The van der Waals surface area contributed by atoms with Gasteiger partial charge in [0.2, 0.25) is 0 Å². The van der Waals surface area contributed by atoms with Crippen LogP contribution in [0.15, 0.2) is 146 Å². The number of aliphatic carboxylic acids is 1. The summed E-state index contributed by atoms with van der Waals surface area (Å²) in [6, 6.07) is 43.6. The van der Waals surface area contributed by atoms with E-state index in [9.17, 15) is 22.4 Å². The summed E-state index contributed by atoms with van der Waals surface area (Å²) in [5, 5.41) is 32.4. The summed E-state index contributed by atoms with van der Waals surface area (Å²) in [5.74, 6) is 6.19. The molecule has 0 bridgehead atoms. The minimum atomic E-state index is -2.39. The van der Waals surface area contributed by atoms with Gasteiger partial charge >= 0.3 is 0 Å². The SMILES string of the molecule is CC(=O)O.CC(C)CO.CC(C)CO.CC(C)CO[S-](=O)=O.CC(C)COc1ccc(C=O)cc1.CC(C)COc1ccc(CN)cc1.CC(C)COc1ccc(CN)cc1.Cc1ccc(F)cc1.Cc1ccc(OCC(C)C)cc1.O=Cc1ccc(O)cc1.O=[S-](=O)Cl.[Y].[Y]. The van der Waals surface area contributed by atoms with Crippen LogP contribution in [-0.2, 0) is 125 Å². The minimum absolute atomic E-state index is 0. The van der Waals surface area contributed by atoms with Crippen molar-refractivity contribution >= 4 is 50.1 Å². The molecule has 538 valence electrons. The van der Waals surface area contributed by atoms with Crippen LogP contribution in [0.4, 0.5) is 4.39 Å². The molecule has 0 fully saturated rings. The van der Waals surface area contributed by atoms with Crippen molar-refractivity contribution in [1.82, 2.24) is 0 Å². The third-order valence-corrected chi connectivity index (χ3v) is 10.3. The average molecular weight is 1560 g/mol. The van der Waals surface area contributed by atoms with Crippen molar-refractivity contribution in [2.45, 2.75) is 131 Å². The summed E-state index contributed by atoms with van der Waals surface area (Å²) in [5.41, 5.74) is 16.8. The molecule has 6 aromatic carbocycles. The fourth-order valence-corrected chi connectivity index (χ4v) is 5.43. The Morgan fingerprint density at radius 2 is 0.677 bits per heavy atom. The molecule has 0 aliphatic heterocycles. The van der Waals surface area contributed by atoms with Gasteiger partial charge in [-0.15, -0.1) is 0 Å². The van der Waals surface area contributed by atoms with Gasteiger partial charge in [0, 0.05) is 126 Å². The van der Waals surface area contributed by atoms with Gasteiger partial charge in [-0.3, -0.25) is 14.4 Å². The number of rotatable bonds is 21. The summed E-state index contributed by atoms with van der Waals surface area (Å²) >= 11 is 0. The number of nitrogens with two attached hydrogens (primary N) is 2. The van der Waals surface area contributed by atoms with E-state index in [0.29, 0.717) is 79.5 Å². The fraction of sp³-hybridized carbons (Fsp3) is 0.458. The normalized spacial score (nSPS) is 9.62. The topological polar surface area (TPSA) is 299 Å². The molecule has 8 N–H and O–H groups in total. The number of aliphatic hydroxyl groups excluding tert-OH is 2. The van der Waals surface area contributed by atoms with Gasteiger partial charge in [0.05, 0.1) is 37.4 Å². The maximum Gasteiger partial charge on any atom is 0.300 e. The number of hydrogen-bond donors (Lipinski definition) is 6. The Labute approximate surface area is 632 Å². The van der Waals surface area contributed by atoms with Crippen molar-refractivity contribution in [3.8, 4) is 28.7 Å². The number of phenols is 1. The Hall–Kier alpha value is -4.74. The number of phenolic OH excluding ortho intramolecular Hbond substituents is 1. The number of carbonyl (C=O) groups excluding carboxylic acids is 2. The summed E-state index contributed by atoms with van der Waals surface area (Å²) in [6.45, 7) is 38.9. The molecular weight excluding hydrogens is 1450 g/mol. The third kappa shape index (κ3) is 81.7. The van der Waals surface area contributed by atoms with E-state index < -0.39 is 26.9 Å². The van der Waals surface area contributed by atoms with Crippen LogP contribution in [-0.4, -0.2) is 85.2 Å². The molecule has 0 saturated heterocycles. The monoisotopic (exact) mass is 1550 g/mol. The Morgan fingerprint density at radius 1 is 0.458 bits per heavy atom. The number of aldehydes is 2. The van der Waals surface area contributed by atoms with E-state index >= 15 is 0 Å². The van der Waals surface area contributed by atoms with Gasteiger partial charge in [-0.1, -0.05) is 157 Å². The van der Waals surface area contributed by atoms with Gasteiger partial charge in [-0.2, -0.15) is 10.7 Å². The maximum atomic E-state index is 12.1. The van der Waals surface area contributed by atoms with Crippen molar-refractivity contribution in [1.29, 1.82) is 0 Å². The van der Waals surface area contributed by atoms with Gasteiger partial charge in [0.25, 0.3) is 5.97 Å². The van der Waals surface area contributed by atoms with E-state index in [1.807, 2.05) is 121 Å². The smallest absolute Gasteiger partial charge is 0.300 e. The number of carboxylic acid groups (broad SMARTS) is 1. The Bertz CT molecular complexity index is 2780. The van der Waals surface area contributed by atoms with Crippen molar-refractivity contribution < 1.29 is 145 Å². The number of hydrogen-bond acceptors (Lipinski definition) is 19. The summed E-state index contributed by atoms with van der Waals surface area (Å²) < 4.78 is 75.2. The first-order chi connectivity index (χ1) is 44.1. The van der Waals surface area contributed by atoms with Gasteiger partial charge < -0.3 is 71.9 Å². The largest absolute Gasteiger partial charge is 0.508 e. The zero-order chi connectivity index (χ0) is 73.0. The van der Waals surface area contributed by atoms with Crippen LogP contribution in [0.3, 0.4) is 0 Å². The molecule has 24 heteroatoms. The zero-order valence-corrected chi connectivity index (χ0v) is 67.6. The molecule has 0 aromatic heterocycles. The van der Waals surface area contributed by atoms with Gasteiger partial charge in [0.15, 0.2) is 0 Å². The first-order valence-electron chi connectivity index (χ1n) is 30.7. The fourth-order valence-electron chi connectivity index (χ4n) is 5.05. The van der Waals surface area contributed by atoms with Crippen LogP contribution in [0.2, 0.25) is 0 Å². The van der Waals surface area contributed by atoms with Crippen LogP contribution < -0.4 is 30.4 Å². The average Bonchev–Trinajstić information content (AvgIpc) is 1.16. The van der Waals surface area contributed by atoms with Crippen LogP contribution in [0.25, 0.3) is 0 Å². The molecule has 6 aromatic rings. The molecular formula is C72H110ClFN2O16S2Y2-2. The van der Waals surface area contributed by atoms with E-state index in [1.165, 1.54) is 29.8 Å². The quantitative estimate of drug-likeness (QED) is 0.0222. The predicted molar refractivity (Wildman–Crippen MR) is 379 cm³/mol. The number of ether oxygens (including phenoxy) is 4. The number of aliphatic hydroxyl groups is 2. The van der Waals surface area contributed by atoms with Crippen LogP contribution in [0.5, 0.6) is 28.7 Å². The van der Waals surface area contributed by atoms with Crippen molar-refractivity contribution in [2.75, 3.05) is 46.2 Å². The van der Waals surface area contributed by atoms with E-state index in [2.05, 4.69) is 89.3 Å². The molecule has 0 aliphatic rings. The van der Waals surface area contributed by atoms with Gasteiger partial charge in [-0.05, 0) is 163 Å². The minimum Gasteiger partial charge on any atom is -0.508 e. The number of carboxylic acids is 1. The molecule has 0 heterocycles. The maximum absolute atomic E-state index is 12.1. The molecule has 0 amide bonds. The Morgan fingerprint density at radius 3 is 0.865 bits per heavy atom. The zero-order valence-electron chi connectivity index (χ0n) is 59.5. The van der Waals surface area contributed by atoms with Crippen molar-refractivity contribution in [3.63, 3.8) is 0 Å². The van der Waals surface area contributed by atoms with Crippen molar-refractivity contribution in [2.24, 2.45) is 52.9 Å². The van der Waals surface area contributed by atoms with E-state index in [-0.39, 0.29) is 89.5 Å². The number of aromatic hydroxyl groups is 1. The number of benzene rings is 6. The summed E-state index contributed by atoms with van der Waals surface area (Å²) in [4.78, 5) is 29.4. The van der Waals surface area contributed by atoms with E-state index in [4.69, 9.17) is 64.1 Å². The van der Waals surface area contributed by atoms with E-state index in [0.717, 1.165) is 79.0 Å². The standard InChI is InChI=1S/2C11H17NO.C11H14O2.C11H16O.C7H7F.C7H6O2.C4H9O3S.2C4H10O.C2H4O2.ClO2S.2Y/c3*1-9(2)8-13-11-5-3-10(7-12)4-6-11;1-9(2)8-12-11-6-4-10(3)5-7-11;1-6-2-4-7(8)5-3-6;8-5-6-1-3-7(9)4-2-6;1-4(2)3-7-8(5)6;2*1-4(2)3-5;1-2(3)4;1-4(2)3;;/h2*3-6,9H,7-8,12H2,1-2H3;3-7,9H,8H2,1-2H3;4-7,9H,8H2,1-3H3;2-5H,1H3;1-5,9H;4H,3H2,1-2H3;2*4-5H,3H2,1-2H3;1H3,(H,3,4);;;/q;;;;;;-1;;;;-1;;. The van der Waals surface area contributed by atoms with Gasteiger partial charge in [-0.25, -0.2) is 4.39 Å². The molecule has 96 heavy (non-hydrogen) atoms. The summed E-state index contributed by atoms with van der Waals surface area (Å²) in [6.07, 6.45) is 1.56. The predicted octanol–water partition coefficient (Wildman–Crippen LogP) is 16.0. The second-order valence-electron chi connectivity index (χ2n) is 23.3. The van der Waals surface area contributed by atoms with E-state index in [1.54, 1.807) is 36.4 Å². The Balaban J connectivity index is -0.000000185. The molecule has 0 aliphatic carbocycles. The van der Waals surface area contributed by atoms with Crippen LogP contribution in [0.1, 0.15) is 147 Å². The number of carbonyl (C=O) groups is 3. The number of aryl methyl sites for hydroxylation is 2. The molecule has 0 atom stereocenters. The molecule has 6 rings (SSSR count). The van der Waals surface area contributed by atoms with Crippen molar-refractivity contribution in [3.05, 3.63) is 185 Å². The second kappa shape index (κ2) is 70.1. The van der Waals surface area contributed by atoms with Gasteiger partial charge in [0.1, 0.15) is 47.1 Å². The second-order valence-corrected chi connectivity index (χ2v) is 25.1. The van der Waals surface area contributed by atoms with Crippen LogP contribution >= 0.6 is 10.7 Å². The molecule has 18 nitrogen and oxygen atoms in total. The molecule has 0 unspecified atom stereocenters. The Kier molecular flexibility index (Phi) is 76.5. The van der Waals surface area contributed by atoms with Crippen LogP contribution in [0, 0.1) is 61.1 Å².